The average molecular weight is 389 g/mol. The van der Waals surface area contributed by atoms with Crippen LogP contribution in [-0.4, -0.2) is 34.1 Å². The van der Waals surface area contributed by atoms with Crippen LogP contribution in [0.15, 0.2) is 65.2 Å². The summed E-state index contributed by atoms with van der Waals surface area (Å²) < 4.78 is 15.9. The third kappa shape index (κ3) is 4.32. The average Bonchev–Trinajstić information content (AvgIpc) is 3.26. The Morgan fingerprint density at radius 1 is 0.897 bits per heavy atom. The monoisotopic (exact) mass is 389 g/mol. The number of benzene rings is 2. The third-order valence-corrected chi connectivity index (χ3v) is 4.10. The molecule has 4 aromatic rings. The number of hydrogen-bond acceptors (Lipinski definition) is 8. The van der Waals surface area contributed by atoms with Crippen LogP contribution in [0.5, 0.6) is 11.5 Å². The molecule has 0 saturated carbocycles. The van der Waals surface area contributed by atoms with Gasteiger partial charge in [-0.05, 0) is 67.6 Å². The molecule has 0 aliphatic rings. The Morgan fingerprint density at radius 3 is 2.31 bits per heavy atom. The summed E-state index contributed by atoms with van der Waals surface area (Å²) in [6.45, 7) is 2.59. The molecule has 4 rings (SSSR count). The van der Waals surface area contributed by atoms with Gasteiger partial charge < -0.3 is 19.3 Å². The van der Waals surface area contributed by atoms with Gasteiger partial charge in [0, 0.05) is 11.3 Å². The van der Waals surface area contributed by atoms with Gasteiger partial charge in [-0.15, -0.1) is 10.2 Å². The lowest BCUT2D eigenvalue weighted by Crippen LogP contribution is -1.97. The van der Waals surface area contributed by atoms with Crippen molar-refractivity contribution >= 4 is 11.5 Å². The molecule has 0 fully saturated rings. The standard InChI is InChI=1S/C21H19N5O3/c1-3-28-17-10-6-15(7-11-17)22-19-13-12-18(24-25-19)21-23-20(26-29-21)14-4-8-16(27-2)9-5-14/h4-13H,3H2,1-2H3,(H,22,25). The van der Waals surface area contributed by atoms with Crippen molar-refractivity contribution in [1.29, 1.82) is 0 Å². The number of rotatable bonds is 7. The molecule has 146 valence electrons. The Labute approximate surface area is 167 Å². The van der Waals surface area contributed by atoms with Crippen LogP contribution < -0.4 is 14.8 Å². The van der Waals surface area contributed by atoms with Crippen LogP contribution in [-0.2, 0) is 0 Å². The molecule has 8 nitrogen and oxygen atoms in total. The molecule has 0 saturated heterocycles. The Balaban J connectivity index is 1.45. The second-order valence-corrected chi connectivity index (χ2v) is 6.04. The summed E-state index contributed by atoms with van der Waals surface area (Å²) in [5, 5.41) is 15.5. The third-order valence-electron chi connectivity index (χ3n) is 4.10. The Bertz CT molecular complexity index is 1060. The van der Waals surface area contributed by atoms with Gasteiger partial charge in [0.2, 0.25) is 5.82 Å². The van der Waals surface area contributed by atoms with E-state index in [1.54, 1.807) is 19.2 Å². The van der Waals surface area contributed by atoms with E-state index in [0.29, 0.717) is 29.8 Å². The molecule has 0 aliphatic carbocycles. The zero-order valence-electron chi connectivity index (χ0n) is 16.0. The van der Waals surface area contributed by atoms with Gasteiger partial charge in [-0.2, -0.15) is 4.98 Å². The number of anilines is 2. The van der Waals surface area contributed by atoms with E-state index in [4.69, 9.17) is 14.0 Å². The first-order valence-corrected chi connectivity index (χ1v) is 9.07. The highest BCUT2D eigenvalue weighted by Crippen LogP contribution is 2.24. The first-order valence-electron chi connectivity index (χ1n) is 9.07. The lowest BCUT2D eigenvalue weighted by atomic mass is 10.2. The summed E-state index contributed by atoms with van der Waals surface area (Å²) in [4.78, 5) is 4.39. The molecule has 2 heterocycles. The summed E-state index contributed by atoms with van der Waals surface area (Å²) in [7, 11) is 1.62. The summed E-state index contributed by atoms with van der Waals surface area (Å²) >= 11 is 0. The molecule has 0 aliphatic heterocycles. The van der Waals surface area contributed by atoms with E-state index in [2.05, 4.69) is 25.7 Å². The fraction of sp³-hybridized carbons (Fsp3) is 0.143. The zero-order valence-corrected chi connectivity index (χ0v) is 16.0. The van der Waals surface area contributed by atoms with Crippen LogP contribution >= 0.6 is 0 Å². The van der Waals surface area contributed by atoms with Crippen LogP contribution in [0.1, 0.15) is 6.92 Å². The summed E-state index contributed by atoms with van der Waals surface area (Å²) in [5.74, 6) is 2.97. The summed E-state index contributed by atoms with van der Waals surface area (Å²) in [6, 6.07) is 18.6. The highest BCUT2D eigenvalue weighted by molar-refractivity contribution is 5.60. The second-order valence-electron chi connectivity index (χ2n) is 6.04. The van der Waals surface area contributed by atoms with Crippen molar-refractivity contribution in [2.24, 2.45) is 0 Å². The molecule has 29 heavy (non-hydrogen) atoms. The zero-order chi connectivity index (χ0) is 20.1. The lowest BCUT2D eigenvalue weighted by molar-refractivity contribution is 0.340. The quantitative estimate of drug-likeness (QED) is 0.499. The van der Waals surface area contributed by atoms with Crippen molar-refractivity contribution in [2.75, 3.05) is 19.0 Å². The van der Waals surface area contributed by atoms with E-state index in [1.807, 2.05) is 55.5 Å². The molecule has 0 spiro atoms. The molecule has 2 aromatic heterocycles. The molecule has 0 unspecified atom stereocenters. The number of hydrogen-bond donors (Lipinski definition) is 1. The fourth-order valence-corrected chi connectivity index (χ4v) is 2.65. The van der Waals surface area contributed by atoms with Crippen LogP contribution in [0, 0.1) is 0 Å². The van der Waals surface area contributed by atoms with Gasteiger partial charge in [-0.1, -0.05) is 5.16 Å². The van der Waals surface area contributed by atoms with E-state index >= 15 is 0 Å². The van der Waals surface area contributed by atoms with E-state index in [9.17, 15) is 0 Å². The molecule has 0 atom stereocenters. The maximum absolute atomic E-state index is 5.44. The first-order chi connectivity index (χ1) is 14.2. The van der Waals surface area contributed by atoms with E-state index in [1.165, 1.54) is 0 Å². The fourth-order valence-electron chi connectivity index (χ4n) is 2.65. The number of nitrogens with one attached hydrogen (secondary N) is 1. The maximum atomic E-state index is 5.44. The summed E-state index contributed by atoms with van der Waals surface area (Å²) in [5.41, 5.74) is 2.20. The van der Waals surface area contributed by atoms with Gasteiger partial charge >= 0.3 is 0 Å². The van der Waals surface area contributed by atoms with Crippen molar-refractivity contribution in [3.63, 3.8) is 0 Å². The van der Waals surface area contributed by atoms with Crippen LogP contribution in [0.4, 0.5) is 11.5 Å². The molecular weight excluding hydrogens is 370 g/mol. The first kappa shape index (κ1) is 18.4. The van der Waals surface area contributed by atoms with Crippen LogP contribution in [0.3, 0.4) is 0 Å². The van der Waals surface area contributed by atoms with Crippen molar-refractivity contribution in [3.8, 4) is 34.5 Å². The van der Waals surface area contributed by atoms with Crippen LogP contribution in [0.25, 0.3) is 23.0 Å². The smallest absolute Gasteiger partial charge is 0.278 e. The number of aromatic nitrogens is 4. The predicted molar refractivity (Wildman–Crippen MR) is 108 cm³/mol. The molecular formula is C21H19N5O3. The molecule has 0 amide bonds. The summed E-state index contributed by atoms with van der Waals surface area (Å²) in [6.07, 6.45) is 0. The Hall–Kier alpha value is -3.94. The molecule has 0 radical (unpaired) electrons. The highest BCUT2D eigenvalue weighted by Gasteiger charge is 2.12. The van der Waals surface area contributed by atoms with Gasteiger partial charge in [-0.3, -0.25) is 0 Å². The van der Waals surface area contributed by atoms with E-state index in [0.717, 1.165) is 22.7 Å². The minimum atomic E-state index is 0.302. The maximum Gasteiger partial charge on any atom is 0.278 e. The number of ether oxygens (including phenoxy) is 2. The van der Waals surface area contributed by atoms with Gasteiger partial charge in [0.05, 0.1) is 13.7 Å². The Kier molecular flexibility index (Phi) is 5.33. The number of methoxy groups -OCH3 is 1. The molecule has 1 N–H and O–H groups in total. The molecule has 8 heteroatoms. The van der Waals surface area contributed by atoms with Crippen molar-refractivity contribution in [2.45, 2.75) is 6.92 Å². The van der Waals surface area contributed by atoms with Crippen molar-refractivity contribution in [1.82, 2.24) is 20.3 Å². The lowest BCUT2D eigenvalue weighted by Gasteiger charge is -2.07. The van der Waals surface area contributed by atoms with E-state index < -0.39 is 0 Å². The predicted octanol–water partition coefficient (Wildman–Crippen LogP) is 4.34. The Morgan fingerprint density at radius 2 is 1.66 bits per heavy atom. The second kappa shape index (κ2) is 8.39. The molecule has 0 bridgehead atoms. The van der Waals surface area contributed by atoms with Gasteiger partial charge in [0.15, 0.2) is 11.5 Å². The van der Waals surface area contributed by atoms with E-state index in [-0.39, 0.29) is 0 Å². The molecule has 2 aromatic carbocycles. The van der Waals surface area contributed by atoms with Crippen LogP contribution in [0.2, 0.25) is 0 Å². The van der Waals surface area contributed by atoms with Gasteiger partial charge in [0.25, 0.3) is 5.89 Å². The minimum absolute atomic E-state index is 0.302. The van der Waals surface area contributed by atoms with Crippen molar-refractivity contribution < 1.29 is 14.0 Å². The van der Waals surface area contributed by atoms with Gasteiger partial charge in [0.1, 0.15) is 11.5 Å². The minimum Gasteiger partial charge on any atom is -0.497 e. The normalized spacial score (nSPS) is 10.6. The largest absolute Gasteiger partial charge is 0.497 e. The van der Waals surface area contributed by atoms with Crippen molar-refractivity contribution in [3.05, 3.63) is 60.7 Å². The number of nitrogens with zero attached hydrogens (tertiary/aromatic N) is 4. The van der Waals surface area contributed by atoms with Gasteiger partial charge in [-0.25, -0.2) is 0 Å². The topological polar surface area (TPSA) is 95.2 Å². The highest BCUT2D eigenvalue weighted by atomic mass is 16.5. The SMILES string of the molecule is CCOc1ccc(Nc2ccc(-c3nc(-c4ccc(OC)cc4)no3)nn2)cc1.